The Morgan fingerprint density at radius 1 is 1.15 bits per heavy atom. The molecule has 2 aliphatic rings. The first-order valence-electron chi connectivity index (χ1n) is 13.3. The Balaban J connectivity index is 1.37. The average molecular weight is 588 g/mol. The van der Waals surface area contributed by atoms with Crippen LogP contribution in [0, 0.1) is 5.95 Å². The van der Waals surface area contributed by atoms with Crippen molar-refractivity contribution in [2.75, 3.05) is 25.9 Å². The molecule has 10 heteroatoms. The molecule has 2 N–H and O–H groups in total. The number of nitrogen functional groups attached to an aromatic ring is 1. The van der Waals surface area contributed by atoms with Gasteiger partial charge in [-0.1, -0.05) is 23.2 Å². The molecule has 1 spiro atoms. The van der Waals surface area contributed by atoms with Gasteiger partial charge < -0.3 is 24.8 Å². The lowest BCUT2D eigenvalue weighted by atomic mass is 9.96. The Hall–Kier alpha value is -2.91. The number of anilines is 1. The summed E-state index contributed by atoms with van der Waals surface area (Å²) in [7, 11) is 1.72. The third-order valence-corrected chi connectivity index (χ3v) is 8.26. The number of aliphatic imine (C=N–C) groups is 1. The lowest BCUT2D eigenvalue weighted by molar-refractivity contribution is -0.229. The van der Waals surface area contributed by atoms with E-state index in [1.165, 1.54) is 6.20 Å². The Labute approximate surface area is 244 Å². The number of hydrogen-bond donors (Lipinski definition) is 1. The molecule has 0 amide bonds. The first-order valence-corrected chi connectivity index (χ1v) is 14.1. The van der Waals surface area contributed by atoms with Gasteiger partial charge in [0, 0.05) is 73.2 Å². The molecule has 2 aliphatic heterocycles. The van der Waals surface area contributed by atoms with Gasteiger partial charge in [-0.05, 0) is 57.2 Å². The fraction of sp³-hybridized carbons (Fsp3) is 0.400. The lowest BCUT2D eigenvalue weighted by Gasteiger charge is -2.45. The molecule has 1 aromatic heterocycles. The van der Waals surface area contributed by atoms with E-state index < -0.39 is 17.8 Å². The number of nitrogens with zero attached hydrogens (tertiary/aromatic N) is 3. The maximum Gasteiger partial charge on any atom is 0.232 e. The second kappa shape index (κ2) is 11.5. The van der Waals surface area contributed by atoms with E-state index in [-0.39, 0.29) is 10.0 Å². The summed E-state index contributed by atoms with van der Waals surface area (Å²) < 4.78 is 32.8. The van der Waals surface area contributed by atoms with E-state index in [1.807, 2.05) is 18.2 Å². The minimum absolute atomic E-state index is 0.169. The molecule has 40 heavy (non-hydrogen) atoms. The number of benzene rings is 2. The van der Waals surface area contributed by atoms with Crippen LogP contribution in [0.3, 0.4) is 0 Å². The van der Waals surface area contributed by atoms with Crippen LogP contribution in [0.5, 0.6) is 11.5 Å². The van der Waals surface area contributed by atoms with Gasteiger partial charge in [0.05, 0.1) is 17.3 Å². The van der Waals surface area contributed by atoms with Gasteiger partial charge in [0.1, 0.15) is 22.6 Å². The quantitative estimate of drug-likeness (QED) is 0.194. The van der Waals surface area contributed by atoms with Gasteiger partial charge in [0.25, 0.3) is 0 Å². The number of ether oxygens (including phenoxy) is 3. The van der Waals surface area contributed by atoms with Crippen molar-refractivity contribution in [2.24, 2.45) is 4.99 Å². The second-order valence-corrected chi connectivity index (χ2v) is 11.2. The van der Waals surface area contributed by atoms with Gasteiger partial charge in [-0.2, -0.15) is 4.39 Å². The topological polar surface area (TPSA) is 82.2 Å². The molecule has 5 rings (SSSR count). The third-order valence-electron chi connectivity index (χ3n) is 7.60. The normalized spacial score (nSPS) is 17.9. The van der Waals surface area contributed by atoms with Crippen molar-refractivity contribution in [3.8, 4) is 11.5 Å². The van der Waals surface area contributed by atoms with Crippen LogP contribution in [0.15, 0.2) is 47.6 Å². The third kappa shape index (κ3) is 5.63. The summed E-state index contributed by atoms with van der Waals surface area (Å²) in [4.78, 5) is 10.6. The molecular formula is C30H33Cl2FN4O3. The van der Waals surface area contributed by atoms with E-state index in [0.29, 0.717) is 40.9 Å². The fourth-order valence-electron chi connectivity index (χ4n) is 5.32. The standard InChI is InChI=1S/C30H33Cl2FN4O3/c1-17(2)37-11-9-30(10-12-37)38-16-20-13-19(5-8-25(20)40-30)28(35-4)22-14-21(6-7-24(22)34)39-18(3)26-23(31)15-36-29(33)27(26)32/h5-8,13-15,17-18H,9-12,16,34H2,1-4H3/b35-28-/t18-/m1/s1. The van der Waals surface area contributed by atoms with Gasteiger partial charge in [0.15, 0.2) is 0 Å². The number of nitrogens with two attached hydrogens (primary N) is 1. The molecule has 0 unspecified atom stereocenters. The van der Waals surface area contributed by atoms with Crippen LogP contribution < -0.4 is 15.2 Å². The largest absolute Gasteiger partial charge is 0.486 e. The SMILES string of the molecule is C/N=C(/c1ccc2c(c1)COC1(CCN(C(C)C)CC1)O2)c1cc(O[C@H](C)c2c(Cl)cnc(F)c2Cl)ccc1N. The number of likely N-dealkylation sites (tertiary alicyclic amines) is 1. The van der Waals surface area contributed by atoms with Crippen molar-refractivity contribution in [3.05, 3.63) is 80.8 Å². The Morgan fingerprint density at radius 2 is 1.90 bits per heavy atom. The van der Waals surface area contributed by atoms with Crippen molar-refractivity contribution in [1.82, 2.24) is 9.88 Å². The molecule has 212 valence electrons. The number of pyridine rings is 1. The summed E-state index contributed by atoms with van der Waals surface area (Å²) >= 11 is 12.4. The zero-order chi connectivity index (χ0) is 28.6. The fourth-order valence-corrected chi connectivity index (χ4v) is 5.97. The van der Waals surface area contributed by atoms with Crippen molar-refractivity contribution < 1.29 is 18.6 Å². The number of halogens is 3. The summed E-state index contributed by atoms with van der Waals surface area (Å²) in [6.07, 6.45) is 2.24. The molecular weight excluding hydrogens is 554 g/mol. The van der Waals surface area contributed by atoms with Gasteiger partial charge in [-0.15, -0.1) is 0 Å². The number of fused-ring (bicyclic) bond motifs is 1. The first kappa shape index (κ1) is 28.6. The van der Waals surface area contributed by atoms with Crippen LogP contribution in [0.2, 0.25) is 10.0 Å². The highest BCUT2D eigenvalue weighted by atomic mass is 35.5. The number of hydrogen-bond acceptors (Lipinski definition) is 7. The maximum atomic E-state index is 14.0. The highest BCUT2D eigenvalue weighted by Gasteiger charge is 2.41. The Kier molecular flexibility index (Phi) is 8.25. The van der Waals surface area contributed by atoms with Gasteiger partial charge in [0.2, 0.25) is 11.7 Å². The van der Waals surface area contributed by atoms with E-state index in [2.05, 4.69) is 28.7 Å². The van der Waals surface area contributed by atoms with E-state index >= 15 is 0 Å². The summed E-state index contributed by atoms with van der Waals surface area (Å²) in [6, 6.07) is 11.8. The predicted molar refractivity (Wildman–Crippen MR) is 156 cm³/mol. The van der Waals surface area contributed by atoms with Crippen LogP contribution >= 0.6 is 23.2 Å². The second-order valence-electron chi connectivity index (χ2n) is 10.5. The zero-order valence-corrected chi connectivity index (χ0v) is 24.5. The molecule has 0 radical (unpaired) electrons. The van der Waals surface area contributed by atoms with Crippen LogP contribution in [-0.2, 0) is 11.3 Å². The van der Waals surface area contributed by atoms with Crippen molar-refractivity contribution >= 4 is 34.6 Å². The maximum absolute atomic E-state index is 14.0. The van der Waals surface area contributed by atoms with Crippen molar-refractivity contribution in [2.45, 2.75) is 58.2 Å². The Morgan fingerprint density at radius 3 is 2.60 bits per heavy atom. The molecule has 3 aromatic rings. The first-order chi connectivity index (χ1) is 19.1. The minimum atomic E-state index is -0.803. The molecule has 0 saturated carbocycles. The summed E-state index contributed by atoms with van der Waals surface area (Å²) in [5, 5.41) is 0.0494. The Bertz CT molecular complexity index is 1440. The highest BCUT2D eigenvalue weighted by Crippen LogP contribution is 2.39. The molecule has 2 aromatic carbocycles. The van der Waals surface area contributed by atoms with Crippen LogP contribution in [0.25, 0.3) is 0 Å². The molecule has 1 fully saturated rings. The van der Waals surface area contributed by atoms with Gasteiger partial charge >= 0.3 is 0 Å². The smallest absolute Gasteiger partial charge is 0.232 e. The summed E-state index contributed by atoms with van der Waals surface area (Å²) in [5.41, 5.74) is 10.5. The number of aromatic nitrogens is 1. The minimum Gasteiger partial charge on any atom is -0.486 e. The van der Waals surface area contributed by atoms with E-state index in [0.717, 1.165) is 42.8 Å². The predicted octanol–water partition coefficient (Wildman–Crippen LogP) is 6.83. The molecule has 7 nitrogen and oxygen atoms in total. The van der Waals surface area contributed by atoms with E-state index in [1.54, 1.807) is 32.2 Å². The average Bonchev–Trinajstić information content (AvgIpc) is 2.93. The van der Waals surface area contributed by atoms with Crippen molar-refractivity contribution in [3.63, 3.8) is 0 Å². The van der Waals surface area contributed by atoms with Gasteiger partial charge in [-0.3, -0.25) is 4.99 Å². The van der Waals surface area contributed by atoms with Crippen molar-refractivity contribution in [1.29, 1.82) is 0 Å². The van der Waals surface area contributed by atoms with Crippen LogP contribution in [0.4, 0.5) is 10.1 Å². The highest BCUT2D eigenvalue weighted by molar-refractivity contribution is 6.35. The summed E-state index contributed by atoms with van der Waals surface area (Å²) in [6.45, 7) is 8.52. The molecule has 1 saturated heterocycles. The van der Waals surface area contributed by atoms with E-state index in [9.17, 15) is 4.39 Å². The van der Waals surface area contributed by atoms with Gasteiger partial charge in [-0.25, -0.2) is 4.98 Å². The molecule has 0 bridgehead atoms. The monoisotopic (exact) mass is 586 g/mol. The number of rotatable bonds is 6. The lowest BCUT2D eigenvalue weighted by Crippen LogP contribution is -2.52. The van der Waals surface area contributed by atoms with Crippen LogP contribution in [-0.4, -0.2) is 47.6 Å². The zero-order valence-electron chi connectivity index (χ0n) is 23.0. The molecule has 3 heterocycles. The molecule has 0 aliphatic carbocycles. The van der Waals surface area contributed by atoms with E-state index in [4.69, 9.17) is 43.1 Å². The molecule has 1 atom stereocenters. The van der Waals surface area contributed by atoms with Crippen LogP contribution in [0.1, 0.15) is 62.0 Å². The summed E-state index contributed by atoms with van der Waals surface area (Å²) in [5.74, 6) is -0.0397. The number of piperidine rings is 1.